The van der Waals surface area contributed by atoms with Crippen molar-refractivity contribution >= 4 is 39.6 Å². The second-order valence-corrected chi connectivity index (χ2v) is 6.68. The Balaban J connectivity index is 1.57. The number of nitrogens with one attached hydrogen (secondary N) is 1. The van der Waals surface area contributed by atoms with Crippen molar-refractivity contribution in [2.24, 2.45) is 0 Å². The van der Waals surface area contributed by atoms with Gasteiger partial charge in [0.15, 0.2) is 0 Å². The van der Waals surface area contributed by atoms with Gasteiger partial charge in [-0.05, 0) is 67.8 Å². The molecule has 4 rings (SSSR count). The van der Waals surface area contributed by atoms with E-state index in [-0.39, 0.29) is 0 Å². The summed E-state index contributed by atoms with van der Waals surface area (Å²) in [5, 5.41) is 5.27. The van der Waals surface area contributed by atoms with Crippen LogP contribution in [0.3, 0.4) is 0 Å². The van der Waals surface area contributed by atoms with Gasteiger partial charge in [0.1, 0.15) is 0 Å². The van der Waals surface area contributed by atoms with Crippen LogP contribution < -0.4 is 10.2 Å². The monoisotopic (exact) mass is 337 g/mol. The summed E-state index contributed by atoms with van der Waals surface area (Å²) in [6.45, 7) is 2.34. The Hall–Kier alpha value is -2.26. The third-order valence-corrected chi connectivity index (χ3v) is 4.81. The maximum Gasteiger partial charge on any atom is 0.0737 e. The first kappa shape index (κ1) is 15.3. The zero-order valence-corrected chi connectivity index (χ0v) is 14.3. The molecule has 1 aliphatic heterocycles. The molecule has 1 N–H and O–H groups in total. The fourth-order valence-electron chi connectivity index (χ4n) is 3.29. The summed E-state index contributed by atoms with van der Waals surface area (Å²) < 4.78 is 0. The van der Waals surface area contributed by atoms with Crippen molar-refractivity contribution in [3.05, 3.63) is 59.8 Å². The van der Waals surface area contributed by atoms with Crippen LogP contribution in [0.25, 0.3) is 10.9 Å². The standard InChI is InChI=1S/C20H20ClN3/c21-15-4-9-18-19(10-11-22-20(18)14-15)23-16-5-7-17(8-6-16)24-12-2-1-3-13-24/h4-11,14H,1-3,12-13H2,(H,22,23). The van der Waals surface area contributed by atoms with E-state index in [1.807, 2.05) is 30.5 Å². The summed E-state index contributed by atoms with van der Waals surface area (Å²) >= 11 is 6.06. The minimum Gasteiger partial charge on any atom is -0.372 e. The molecule has 0 atom stereocenters. The molecule has 0 amide bonds. The van der Waals surface area contributed by atoms with Gasteiger partial charge in [-0.1, -0.05) is 11.6 Å². The Morgan fingerprint density at radius 1 is 0.917 bits per heavy atom. The lowest BCUT2D eigenvalue weighted by Crippen LogP contribution is -2.29. The van der Waals surface area contributed by atoms with Crippen molar-refractivity contribution < 1.29 is 0 Å². The predicted molar refractivity (Wildman–Crippen MR) is 103 cm³/mol. The van der Waals surface area contributed by atoms with E-state index in [4.69, 9.17) is 11.6 Å². The first-order valence-electron chi connectivity index (χ1n) is 8.46. The van der Waals surface area contributed by atoms with Gasteiger partial charge in [-0.2, -0.15) is 0 Å². The fraction of sp³-hybridized carbons (Fsp3) is 0.250. The molecule has 0 aliphatic carbocycles. The molecule has 4 heteroatoms. The van der Waals surface area contributed by atoms with E-state index in [0.29, 0.717) is 5.02 Å². The molecule has 122 valence electrons. The minimum absolute atomic E-state index is 0.707. The Morgan fingerprint density at radius 3 is 2.50 bits per heavy atom. The summed E-state index contributed by atoms with van der Waals surface area (Å²) in [5.74, 6) is 0. The average Bonchev–Trinajstić information content (AvgIpc) is 2.63. The molecule has 3 nitrogen and oxygen atoms in total. The normalized spacial score (nSPS) is 14.8. The van der Waals surface area contributed by atoms with E-state index >= 15 is 0 Å². The van der Waals surface area contributed by atoms with Gasteiger partial charge in [0.25, 0.3) is 0 Å². The molecule has 0 spiro atoms. The SMILES string of the molecule is Clc1ccc2c(Nc3ccc(N4CCCCC4)cc3)ccnc2c1. The molecule has 24 heavy (non-hydrogen) atoms. The van der Waals surface area contributed by atoms with Crippen LogP contribution in [0.15, 0.2) is 54.7 Å². The van der Waals surface area contributed by atoms with Gasteiger partial charge in [0.2, 0.25) is 0 Å². The lowest BCUT2D eigenvalue weighted by molar-refractivity contribution is 0.578. The Kier molecular flexibility index (Phi) is 4.26. The van der Waals surface area contributed by atoms with Crippen LogP contribution in [0.1, 0.15) is 19.3 Å². The van der Waals surface area contributed by atoms with Crippen molar-refractivity contribution in [3.63, 3.8) is 0 Å². The topological polar surface area (TPSA) is 28.2 Å². The van der Waals surface area contributed by atoms with Crippen molar-refractivity contribution in [2.45, 2.75) is 19.3 Å². The number of nitrogens with zero attached hydrogens (tertiary/aromatic N) is 2. The number of anilines is 3. The number of pyridine rings is 1. The second kappa shape index (κ2) is 6.70. The zero-order chi connectivity index (χ0) is 16.4. The highest BCUT2D eigenvalue weighted by Gasteiger charge is 2.10. The van der Waals surface area contributed by atoms with E-state index in [9.17, 15) is 0 Å². The number of benzene rings is 2. The number of rotatable bonds is 3. The Labute approximate surface area is 147 Å². The fourth-order valence-corrected chi connectivity index (χ4v) is 3.46. The summed E-state index contributed by atoms with van der Waals surface area (Å²) in [4.78, 5) is 6.86. The van der Waals surface area contributed by atoms with Crippen LogP contribution >= 0.6 is 11.6 Å². The summed E-state index contributed by atoms with van der Waals surface area (Å²) in [7, 11) is 0. The van der Waals surface area contributed by atoms with Gasteiger partial charge in [0, 0.05) is 46.8 Å². The van der Waals surface area contributed by atoms with Gasteiger partial charge < -0.3 is 10.2 Å². The maximum atomic E-state index is 6.06. The van der Waals surface area contributed by atoms with E-state index < -0.39 is 0 Å². The number of hydrogen-bond acceptors (Lipinski definition) is 3. The molecule has 1 aliphatic rings. The number of halogens is 1. The lowest BCUT2D eigenvalue weighted by atomic mass is 10.1. The van der Waals surface area contributed by atoms with E-state index in [1.165, 1.54) is 38.0 Å². The Morgan fingerprint density at radius 2 is 1.71 bits per heavy atom. The van der Waals surface area contributed by atoms with Crippen LogP contribution in [0.5, 0.6) is 0 Å². The molecule has 1 fully saturated rings. The van der Waals surface area contributed by atoms with Crippen molar-refractivity contribution in [3.8, 4) is 0 Å². The van der Waals surface area contributed by atoms with Gasteiger partial charge >= 0.3 is 0 Å². The first-order chi connectivity index (χ1) is 11.8. The van der Waals surface area contributed by atoms with Crippen LogP contribution in [0.4, 0.5) is 17.1 Å². The smallest absolute Gasteiger partial charge is 0.0737 e. The quantitative estimate of drug-likeness (QED) is 0.672. The molecule has 1 saturated heterocycles. The van der Waals surface area contributed by atoms with E-state index in [0.717, 1.165) is 22.3 Å². The molecule has 2 aromatic carbocycles. The highest BCUT2D eigenvalue weighted by molar-refractivity contribution is 6.31. The summed E-state index contributed by atoms with van der Waals surface area (Å²) in [6.07, 6.45) is 5.76. The maximum absolute atomic E-state index is 6.06. The molecular weight excluding hydrogens is 318 g/mol. The predicted octanol–water partition coefficient (Wildman–Crippen LogP) is 5.62. The lowest BCUT2D eigenvalue weighted by Gasteiger charge is -2.28. The van der Waals surface area contributed by atoms with Crippen molar-refractivity contribution in [2.75, 3.05) is 23.3 Å². The number of piperidine rings is 1. The van der Waals surface area contributed by atoms with Crippen LogP contribution in [-0.2, 0) is 0 Å². The highest BCUT2D eigenvalue weighted by atomic mass is 35.5. The van der Waals surface area contributed by atoms with Gasteiger partial charge in [-0.3, -0.25) is 4.98 Å². The highest BCUT2D eigenvalue weighted by Crippen LogP contribution is 2.28. The molecular formula is C20H20ClN3. The summed E-state index contributed by atoms with van der Waals surface area (Å²) in [5.41, 5.74) is 4.34. The van der Waals surface area contributed by atoms with Crippen molar-refractivity contribution in [1.29, 1.82) is 0 Å². The third kappa shape index (κ3) is 3.17. The first-order valence-corrected chi connectivity index (χ1v) is 8.84. The molecule has 0 radical (unpaired) electrons. The Bertz CT molecular complexity index is 839. The number of fused-ring (bicyclic) bond motifs is 1. The van der Waals surface area contributed by atoms with Gasteiger partial charge in [-0.15, -0.1) is 0 Å². The third-order valence-electron chi connectivity index (χ3n) is 4.57. The molecule has 0 bridgehead atoms. The molecule has 0 unspecified atom stereocenters. The van der Waals surface area contributed by atoms with Gasteiger partial charge in [-0.25, -0.2) is 0 Å². The van der Waals surface area contributed by atoms with Crippen LogP contribution in [0, 0.1) is 0 Å². The van der Waals surface area contributed by atoms with Gasteiger partial charge in [0.05, 0.1) is 5.52 Å². The molecule has 1 aromatic heterocycles. The van der Waals surface area contributed by atoms with Crippen molar-refractivity contribution in [1.82, 2.24) is 4.98 Å². The average molecular weight is 338 g/mol. The molecule has 3 aromatic rings. The van der Waals surface area contributed by atoms with Crippen LogP contribution in [0.2, 0.25) is 5.02 Å². The van der Waals surface area contributed by atoms with E-state index in [2.05, 4.69) is 39.5 Å². The minimum atomic E-state index is 0.707. The molecule has 2 heterocycles. The number of aromatic nitrogens is 1. The largest absolute Gasteiger partial charge is 0.372 e. The van der Waals surface area contributed by atoms with E-state index in [1.54, 1.807) is 0 Å². The number of hydrogen-bond donors (Lipinski definition) is 1. The molecule has 0 saturated carbocycles. The summed E-state index contributed by atoms with van der Waals surface area (Å²) in [6, 6.07) is 16.5. The van der Waals surface area contributed by atoms with Crippen LogP contribution in [-0.4, -0.2) is 18.1 Å². The second-order valence-electron chi connectivity index (χ2n) is 6.24. The zero-order valence-electron chi connectivity index (χ0n) is 13.5.